The van der Waals surface area contributed by atoms with Crippen LogP contribution in [0, 0.1) is 0 Å². The van der Waals surface area contributed by atoms with Gasteiger partial charge in [-0.2, -0.15) is 0 Å². The Kier molecular flexibility index (Phi) is 4.22. The van der Waals surface area contributed by atoms with Crippen LogP contribution in [0.3, 0.4) is 0 Å². The predicted molar refractivity (Wildman–Crippen MR) is 85.5 cm³/mol. The van der Waals surface area contributed by atoms with Crippen molar-refractivity contribution in [2.75, 3.05) is 13.1 Å². The Balaban J connectivity index is 2.00. The van der Waals surface area contributed by atoms with Crippen LogP contribution in [-0.2, 0) is 6.42 Å². The van der Waals surface area contributed by atoms with Crippen LogP contribution in [0.2, 0.25) is 0 Å². The average Bonchev–Trinajstić information content (AvgIpc) is 2.97. The van der Waals surface area contributed by atoms with Crippen LogP contribution < -0.4 is 5.32 Å². The van der Waals surface area contributed by atoms with Crippen molar-refractivity contribution in [3.63, 3.8) is 0 Å². The van der Waals surface area contributed by atoms with E-state index in [1.807, 2.05) is 12.5 Å². The largest absolute Gasteiger partial charge is 0.316 e. The second kappa shape index (κ2) is 6.10. The molecule has 4 heteroatoms. The van der Waals surface area contributed by atoms with E-state index in [2.05, 4.69) is 55.9 Å². The van der Waals surface area contributed by atoms with Crippen LogP contribution in [0.5, 0.6) is 0 Å². The zero-order chi connectivity index (χ0) is 13.9. The van der Waals surface area contributed by atoms with E-state index >= 15 is 0 Å². The molecule has 1 aromatic heterocycles. The van der Waals surface area contributed by atoms with Gasteiger partial charge >= 0.3 is 0 Å². The molecule has 1 fully saturated rings. The third-order valence-corrected chi connectivity index (χ3v) is 4.56. The van der Waals surface area contributed by atoms with E-state index in [-0.39, 0.29) is 0 Å². The standard InChI is InChI=1S/C16H20BrN3/c1-2-12-8-14(17)5-6-15(12)20-11-19-10-16(20)13-4-3-7-18-9-13/h5-6,8,10-11,13,18H,2-4,7,9H2,1H3. The van der Waals surface area contributed by atoms with Crippen LogP contribution in [-0.4, -0.2) is 22.6 Å². The lowest BCUT2D eigenvalue weighted by atomic mass is 9.96. The maximum Gasteiger partial charge on any atom is 0.0994 e. The first-order valence-electron chi connectivity index (χ1n) is 7.31. The SMILES string of the molecule is CCc1cc(Br)ccc1-n1cncc1C1CCCNC1. The summed E-state index contributed by atoms with van der Waals surface area (Å²) in [6.45, 7) is 4.40. The van der Waals surface area contributed by atoms with Gasteiger partial charge < -0.3 is 9.88 Å². The van der Waals surface area contributed by atoms with E-state index < -0.39 is 0 Å². The minimum atomic E-state index is 0.569. The third-order valence-electron chi connectivity index (χ3n) is 4.06. The van der Waals surface area contributed by atoms with Crippen molar-refractivity contribution >= 4 is 15.9 Å². The van der Waals surface area contributed by atoms with Crippen molar-refractivity contribution in [2.24, 2.45) is 0 Å². The smallest absolute Gasteiger partial charge is 0.0994 e. The topological polar surface area (TPSA) is 29.9 Å². The average molecular weight is 334 g/mol. The Hall–Kier alpha value is -1.13. The van der Waals surface area contributed by atoms with E-state index in [0.29, 0.717) is 5.92 Å². The second-order valence-electron chi connectivity index (χ2n) is 5.36. The lowest BCUT2D eigenvalue weighted by Crippen LogP contribution is -2.29. The molecule has 1 unspecified atom stereocenters. The molecule has 3 nitrogen and oxygen atoms in total. The number of nitrogens with one attached hydrogen (secondary N) is 1. The minimum Gasteiger partial charge on any atom is -0.316 e. The summed E-state index contributed by atoms with van der Waals surface area (Å²) in [5.74, 6) is 0.569. The van der Waals surface area contributed by atoms with Crippen molar-refractivity contribution in [3.05, 3.63) is 46.5 Å². The molecule has 1 N–H and O–H groups in total. The molecule has 0 amide bonds. The first-order chi connectivity index (χ1) is 9.79. The fraction of sp³-hybridized carbons (Fsp3) is 0.438. The number of hydrogen-bond acceptors (Lipinski definition) is 2. The van der Waals surface area contributed by atoms with E-state index in [1.54, 1.807) is 0 Å². The predicted octanol–water partition coefficient (Wildman–Crippen LogP) is 3.66. The van der Waals surface area contributed by atoms with Gasteiger partial charge in [0.1, 0.15) is 0 Å². The molecule has 0 saturated carbocycles. The van der Waals surface area contributed by atoms with Crippen molar-refractivity contribution in [1.82, 2.24) is 14.9 Å². The van der Waals surface area contributed by atoms with Crippen LogP contribution in [0.15, 0.2) is 35.2 Å². The number of halogens is 1. The number of piperidine rings is 1. The molecule has 3 rings (SSSR count). The van der Waals surface area contributed by atoms with Crippen LogP contribution in [0.4, 0.5) is 0 Å². The van der Waals surface area contributed by atoms with Gasteiger partial charge in [0.05, 0.1) is 12.0 Å². The number of aromatic nitrogens is 2. The zero-order valence-corrected chi connectivity index (χ0v) is 13.4. The molecule has 0 radical (unpaired) electrons. The number of hydrogen-bond donors (Lipinski definition) is 1. The molecule has 0 bridgehead atoms. The maximum absolute atomic E-state index is 4.40. The molecule has 20 heavy (non-hydrogen) atoms. The second-order valence-corrected chi connectivity index (χ2v) is 6.27. The molecule has 0 spiro atoms. The van der Waals surface area contributed by atoms with Gasteiger partial charge in [0, 0.05) is 28.8 Å². The number of imidazole rings is 1. The van der Waals surface area contributed by atoms with Gasteiger partial charge in [0.15, 0.2) is 0 Å². The monoisotopic (exact) mass is 333 g/mol. The third kappa shape index (κ3) is 2.67. The lowest BCUT2D eigenvalue weighted by molar-refractivity contribution is 0.451. The van der Waals surface area contributed by atoms with Crippen molar-refractivity contribution in [3.8, 4) is 5.69 Å². The molecule has 1 saturated heterocycles. The van der Waals surface area contributed by atoms with E-state index in [1.165, 1.54) is 29.8 Å². The summed E-state index contributed by atoms with van der Waals surface area (Å²) in [5, 5.41) is 3.49. The molecule has 2 heterocycles. The van der Waals surface area contributed by atoms with Gasteiger partial charge in [-0.05, 0) is 49.6 Å². The molecular formula is C16H20BrN3. The van der Waals surface area contributed by atoms with Crippen LogP contribution in [0.1, 0.15) is 36.9 Å². The normalized spacial score (nSPS) is 19.2. The summed E-state index contributed by atoms with van der Waals surface area (Å²) >= 11 is 3.56. The molecule has 1 aliphatic heterocycles. The highest BCUT2D eigenvalue weighted by Crippen LogP contribution is 2.28. The van der Waals surface area contributed by atoms with Gasteiger partial charge in [-0.15, -0.1) is 0 Å². The molecule has 1 aliphatic rings. The van der Waals surface area contributed by atoms with E-state index in [0.717, 1.165) is 24.0 Å². The quantitative estimate of drug-likeness (QED) is 0.928. The molecule has 2 aromatic rings. The van der Waals surface area contributed by atoms with Crippen molar-refractivity contribution in [1.29, 1.82) is 0 Å². The number of aryl methyl sites for hydroxylation is 1. The van der Waals surface area contributed by atoms with Gasteiger partial charge in [0.25, 0.3) is 0 Å². The molecule has 1 atom stereocenters. The highest BCUT2D eigenvalue weighted by molar-refractivity contribution is 9.10. The Morgan fingerprint density at radius 2 is 2.35 bits per heavy atom. The Bertz CT molecular complexity index is 585. The number of nitrogens with zero attached hydrogens (tertiary/aromatic N) is 2. The number of benzene rings is 1. The van der Waals surface area contributed by atoms with Crippen LogP contribution in [0.25, 0.3) is 5.69 Å². The first-order valence-corrected chi connectivity index (χ1v) is 8.10. The fourth-order valence-corrected chi connectivity index (χ4v) is 3.39. The molecule has 106 valence electrons. The summed E-state index contributed by atoms with van der Waals surface area (Å²) in [5.41, 5.74) is 3.94. The van der Waals surface area contributed by atoms with Gasteiger partial charge in [-0.3, -0.25) is 0 Å². The summed E-state index contributed by atoms with van der Waals surface area (Å²) in [7, 11) is 0. The Morgan fingerprint density at radius 3 is 3.10 bits per heavy atom. The van der Waals surface area contributed by atoms with Crippen molar-refractivity contribution in [2.45, 2.75) is 32.1 Å². The zero-order valence-electron chi connectivity index (χ0n) is 11.8. The van der Waals surface area contributed by atoms with Gasteiger partial charge in [-0.1, -0.05) is 22.9 Å². The molecule has 1 aromatic carbocycles. The lowest BCUT2D eigenvalue weighted by Gasteiger charge is -2.24. The van der Waals surface area contributed by atoms with E-state index in [9.17, 15) is 0 Å². The highest BCUT2D eigenvalue weighted by Gasteiger charge is 2.20. The first kappa shape index (κ1) is 13.8. The summed E-state index contributed by atoms with van der Waals surface area (Å²) in [4.78, 5) is 4.40. The Morgan fingerprint density at radius 1 is 1.45 bits per heavy atom. The minimum absolute atomic E-state index is 0.569. The van der Waals surface area contributed by atoms with Crippen molar-refractivity contribution < 1.29 is 0 Å². The molecular weight excluding hydrogens is 314 g/mol. The number of rotatable bonds is 3. The fourth-order valence-electron chi connectivity index (χ4n) is 2.99. The highest BCUT2D eigenvalue weighted by atomic mass is 79.9. The summed E-state index contributed by atoms with van der Waals surface area (Å²) in [6, 6.07) is 6.50. The Labute approximate surface area is 128 Å². The summed E-state index contributed by atoms with van der Waals surface area (Å²) < 4.78 is 3.40. The maximum atomic E-state index is 4.40. The van der Waals surface area contributed by atoms with E-state index in [4.69, 9.17) is 0 Å². The summed E-state index contributed by atoms with van der Waals surface area (Å²) in [6.07, 6.45) is 7.49. The van der Waals surface area contributed by atoms with Crippen LogP contribution >= 0.6 is 15.9 Å². The molecule has 0 aliphatic carbocycles. The van der Waals surface area contributed by atoms with Gasteiger partial charge in [0.2, 0.25) is 0 Å². The van der Waals surface area contributed by atoms with Gasteiger partial charge in [-0.25, -0.2) is 4.98 Å².